The van der Waals surface area contributed by atoms with Crippen LogP contribution < -0.4 is 0 Å². The average Bonchev–Trinajstić information content (AvgIpc) is 2.97. The molecule has 0 atom stereocenters. The summed E-state index contributed by atoms with van der Waals surface area (Å²) in [5.41, 5.74) is -3.42. The Hall–Kier alpha value is -3.80. The highest BCUT2D eigenvalue weighted by Crippen LogP contribution is 2.55. The van der Waals surface area contributed by atoms with E-state index in [4.69, 9.17) is 23.7 Å². The number of carbonyl (C=O) groups excluding carboxylic acids is 5. The summed E-state index contributed by atoms with van der Waals surface area (Å²) in [5, 5.41) is 0. The zero-order valence-electron chi connectivity index (χ0n) is 25.2. The summed E-state index contributed by atoms with van der Waals surface area (Å²) in [7, 11) is 0. The minimum Gasteiger partial charge on any atom is -0.465 e. The Morgan fingerprint density at radius 2 is 1.12 bits per heavy atom. The van der Waals surface area contributed by atoms with Gasteiger partial charge in [0.1, 0.15) is 0 Å². The van der Waals surface area contributed by atoms with E-state index >= 15 is 0 Å². The van der Waals surface area contributed by atoms with E-state index in [0.29, 0.717) is 21.2 Å². The smallest absolute Gasteiger partial charge is 0.357 e. The van der Waals surface area contributed by atoms with Crippen molar-refractivity contribution in [2.24, 2.45) is 10.8 Å². The molecule has 1 aromatic carbocycles. The lowest BCUT2D eigenvalue weighted by atomic mass is 9.53. The van der Waals surface area contributed by atoms with Crippen molar-refractivity contribution < 1.29 is 47.7 Å². The number of benzene rings is 1. The zero-order valence-corrected chi connectivity index (χ0v) is 26.8. The molecule has 0 aliphatic heterocycles. The molecular weight excluding hydrogens is 626 g/mol. The fourth-order valence-corrected chi connectivity index (χ4v) is 6.02. The van der Waals surface area contributed by atoms with Gasteiger partial charge < -0.3 is 23.7 Å². The molecule has 0 unspecified atom stereocenters. The molecule has 12 heteroatoms. The van der Waals surface area contributed by atoms with E-state index in [2.05, 4.69) is 20.9 Å². The van der Waals surface area contributed by atoms with E-state index in [-0.39, 0.29) is 50.0 Å². The van der Waals surface area contributed by atoms with E-state index in [1.165, 1.54) is 27.7 Å². The van der Waals surface area contributed by atoms with Gasteiger partial charge in [-0.2, -0.15) is 0 Å². The number of aryl methyl sites for hydroxylation is 1. The van der Waals surface area contributed by atoms with Gasteiger partial charge in [-0.25, -0.2) is 9.78 Å². The fraction of sp³-hybridized carbons (Fsp3) is 0.484. The van der Waals surface area contributed by atoms with Crippen LogP contribution in [0.5, 0.6) is 0 Å². The lowest BCUT2D eigenvalue weighted by Gasteiger charge is -2.46. The molecule has 232 valence electrons. The van der Waals surface area contributed by atoms with Crippen LogP contribution in [-0.4, -0.2) is 67.9 Å². The quantitative estimate of drug-likeness (QED) is 0.193. The number of fused-ring (bicyclic) bond motifs is 1. The number of pyridine rings is 1. The van der Waals surface area contributed by atoms with Crippen LogP contribution in [-0.2, 0) is 55.7 Å². The SMILES string of the molecule is CCOC(=O)c1nc(C)c2c(c1-c1ccccc1Br)CC(C(=O)OCC)(C(=O)OCC)C(C(=O)OCC)(C(=O)OCC)C2. The van der Waals surface area contributed by atoms with E-state index < -0.39 is 53.5 Å². The monoisotopic (exact) mass is 661 g/mol. The molecule has 0 N–H and O–H groups in total. The van der Waals surface area contributed by atoms with Crippen LogP contribution in [0.1, 0.15) is 61.9 Å². The second-order valence-corrected chi connectivity index (χ2v) is 10.5. The van der Waals surface area contributed by atoms with Crippen molar-refractivity contribution in [3.8, 4) is 11.1 Å². The molecule has 11 nitrogen and oxygen atoms in total. The van der Waals surface area contributed by atoms with Gasteiger partial charge in [-0.1, -0.05) is 34.1 Å². The fourth-order valence-electron chi connectivity index (χ4n) is 5.54. The second kappa shape index (κ2) is 14.1. The van der Waals surface area contributed by atoms with Crippen LogP contribution >= 0.6 is 15.9 Å². The second-order valence-electron chi connectivity index (χ2n) is 9.62. The van der Waals surface area contributed by atoms with Crippen molar-refractivity contribution in [1.29, 1.82) is 0 Å². The first kappa shape index (κ1) is 33.7. The summed E-state index contributed by atoms with van der Waals surface area (Å²) in [4.78, 5) is 74.2. The van der Waals surface area contributed by atoms with Crippen LogP contribution in [0.3, 0.4) is 0 Å². The van der Waals surface area contributed by atoms with Crippen molar-refractivity contribution >= 4 is 45.8 Å². The number of nitrogens with zero attached hydrogens (tertiary/aromatic N) is 1. The van der Waals surface area contributed by atoms with Crippen LogP contribution in [0.25, 0.3) is 11.1 Å². The normalized spacial score (nSPS) is 14.6. The third-order valence-electron chi connectivity index (χ3n) is 7.34. The number of ether oxygens (including phenoxy) is 5. The van der Waals surface area contributed by atoms with Gasteiger partial charge in [0, 0.05) is 28.6 Å². The van der Waals surface area contributed by atoms with Gasteiger partial charge in [0.2, 0.25) is 0 Å². The maximum atomic E-state index is 14.1. The molecule has 1 aliphatic rings. The molecule has 0 fully saturated rings. The number of carbonyl (C=O) groups is 5. The largest absolute Gasteiger partial charge is 0.465 e. The Bertz CT molecular complexity index is 1380. The molecule has 1 aromatic heterocycles. The van der Waals surface area contributed by atoms with Crippen LogP contribution in [0, 0.1) is 17.8 Å². The maximum Gasteiger partial charge on any atom is 0.357 e. The van der Waals surface area contributed by atoms with Gasteiger partial charge in [-0.15, -0.1) is 0 Å². The van der Waals surface area contributed by atoms with E-state index in [1.807, 2.05) is 0 Å². The molecule has 1 heterocycles. The summed E-state index contributed by atoms with van der Waals surface area (Å²) in [6, 6.07) is 7.01. The Morgan fingerprint density at radius 3 is 1.53 bits per heavy atom. The summed E-state index contributed by atoms with van der Waals surface area (Å²) < 4.78 is 27.5. The number of aromatic nitrogens is 1. The summed E-state index contributed by atoms with van der Waals surface area (Å²) in [6.45, 7) is 8.80. The minimum atomic E-state index is -2.58. The van der Waals surface area contributed by atoms with Gasteiger partial charge in [-0.05, 0) is 64.3 Å². The minimum absolute atomic E-state index is 0.0635. The highest BCUT2D eigenvalue weighted by molar-refractivity contribution is 9.10. The zero-order chi connectivity index (χ0) is 31.9. The number of rotatable bonds is 11. The Balaban J connectivity index is 2.62. The number of halogens is 1. The lowest BCUT2D eigenvalue weighted by Crippen LogP contribution is -2.66. The van der Waals surface area contributed by atoms with Crippen LogP contribution in [0.2, 0.25) is 0 Å². The molecule has 1 aliphatic carbocycles. The maximum absolute atomic E-state index is 14.1. The first-order valence-corrected chi connectivity index (χ1v) is 14.9. The summed E-state index contributed by atoms with van der Waals surface area (Å²) in [6.07, 6.45) is -1.08. The van der Waals surface area contributed by atoms with Crippen molar-refractivity contribution in [2.45, 2.75) is 54.4 Å². The molecule has 0 saturated heterocycles. The third kappa shape index (κ3) is 5.76. The molecule has 2 aromatic rings. The average molecular weight is 663 g/mol. The van der Waals surface area contributed by atoms with Crippen molar-refractivity contribution in [1.82, 2.24) is 4.98 Å². The van der Waals surface area contributed by atoms with Gasteiger partial charge >= 0.3 is 29.8 Å². The molecule has 0 bridgehead atoms. The van der Waals surface area contributed by atoms with E-state index in [1.54, 1.807) is 38.1 Å². The number of esters is 5. The topological polar surface area (TPSA) is 144 Å². The van der Waals surface area contributed by atoms with E-state index in [0.717, 1.165) is 0 Å². The van der Waals surface area contributed by atoms with Gasteiger partial charge in [0.25, 0.3) is 0 Å². The van der Waals surface area contributed by atoms with Gasteiger partial charge in [0.15, 0.2) is 16.5 Å². The molecule has 0 radical (unpaired) electrons. The van der Waals surface area contributed by atoms with Crippen molar-refractivity contribution in [3.63, 3.8) is 0 Å². The number of hydrogen-bond acceptors (Lipinski definition) is 11. The number of hydrogen-bond donors (Lipinski definition) is 0. The standard InChI is InChI=1S/C31H36BrNO10/c1-7-39-25(34)24-23(19-14-12-13-15-22(19)32)21-17-31(28(37)42-10-4,29(38)43-11-5)30(26(35)40-8-2,27(36)41-9-3)16-20(21)18(6)33-24/h12-15H,7-11,16-17H2,1-6H3. The molecule has 0 spiro atoms. The highest BCUT2D eigenvalue weighted by atomic mass is 79.9. The summed E-state index contributed by atoms with van der Waals surface area (Å²) in [5.74, 6) is -5.34. The Kier molecular flexibility index (Phi) is 11.1. The van der Waals surface area contributed by atoms with Crippen LogP contribution in [0.4, 0.5) is 0 Å². The molecular formula is C31H36BrNO10. The molecule has 0 amide bonds. The first-order valence-electron chi connectivity index (χ1n) is 14.1. The van der Waals surface area contributed by atoms with E-state index in [9.17, 15) is 24.0 Å². The van der Waals surface area contributed by atoms with Gasteiger partial charge in [-0.3, -0.25) is 19.2 Å². The van der Waals surface area contributed by atoms with Crippen molar-refractivity contribution in [3.05, 3.63) is 51.3 Å². The van der Waals surface area contributed by atoms with Gasteiger partial charge in [0.05, 0.1) is 33.0 Å². The van der Waals surface area contributed by atoms with Crippen molar-refractivity contribution in [2.75, 3.05) is 33.0 Å². The predicted octanol–water partition coefficient (Wildman–Crippen LogP) is 4.32. The van der Waals surface area contributed by atoms with Crippen LogP contribution in [0.15, 0.2) is 28.7 Å². The Labute approximate surface area is 258 Å². The molecule has 3 rings (SSSR count). The molecule has 0 saturated carbocycles. The highest BCUT2D eigenvalue weighted by Gasteiger charge is 2.75. The first-order chi connectivity index (χ1) is 20.5. The molecule has 43 heavy (non-hydrogen) atoms. The predicted molar refractivity (Wildman–Crippen MR) is 157 cm³/mol. The lowest BCUT2D eigenvalue weighted by molar-refractivity contribution is -0.204. The third-order valence-corrected chi connectivity index (χ3v) is 8.03. The Morgan fingerprint density at radius 1 is 0.698 bits per heavy atom. The summed E-state index contributed by atoms with van der Waals surface area (Å²) >= 11 is 3.54.